The van der Waals surface area contributed by atoms with E-state index < -0.39 is 27.9 Å². The molecule has 7 heteroatoms. The summed E-state index contributed by atoms with van der Waals surface area (Å²) in [6, 6.07) is 6.25. The molecule has 0 aromatic heterocycles. The predicted octanol–water partition coefficient (Wildman–Crippen LogP) is 1.11. The lowest BCUT2D eigenvalue weighted by Crippen LogP contribution is -2.50. The van der Waals surface area contributed by atoms with E-state index in [2.05, 4.69) is 0 Å². The molecule has 1 amide bonds. The molecular weight excluding hydrogens is 330 g/mol. The van der Waals surface area contributed by atoms with Crippen LogP contribution in [0.2, 0.25) is 0 Å². The average molecular weight is 353 g/mol. The van der Waals surface area contributed by atoms with Crippen molar-refractivity contribution in [1.29, 1.82) is 0 Å². The molecule has 2 atom stereocenters. The number of esters is 1. The molecule has 24 heavy (non-hydrogen) atoms. The number of sulfone groups is 1. The Morgan fingerprint density at radius 1 is 1.29 bits per heavy atom. The van der Waals surface area contributed by atoms with Gasteiger partial charge in [-0.2, -0.15) is 0 Å². The minimum Gasteiger partial charge on any atom is -0.467 e. The van der Waals surface area contributed by atoms with Gasteiger partial charge in [-0.1, -0.05) is 29.8 Å². The van der Waals surface area contributed by atoms with Crippen molar-refractivity contribution in [2.75, 3.05) is 18.6 Å². The summed E-state index contributed by atoms with van der Waals surface area (Å²) < 4.78 is 28.3. The zero-order chi connectivity index (χ0) is 17.9. The lowest BCUT2D eigenvalue weighted by Gasteiger charge is -2.32. The van der Waals surface area contributed by atoms with Gasteiger partial charge >= 0.3 is 5.97 Å². The number of carbonyl (C=O) groups excluding carboxylic acids is 2. The van der Waals surface area contributed by atoms with Crippen LogP contribution in [-0.2, 0) is 30.6 Å². The molecule has 0 bridgehead atoms. The van der Waals surface area contributed by atoms with E-state index in [0.29, 0.717) is 6.42 Å². The lowest BCUT2D eigenvalue weighted by atomic mass is 10.1. The molecule has 6 nitrogen and oxygen atoms in total. The Labute approximate surface area is 142 Å². The highest BCUT2D eigenvalue weighted by Gasteiger charge is 2.39. The molecule has 1 fully saturated rings. The number of hydrogen-bond donors (Lipinski definition) is 0. The molecule has 0 radical (unpaired) electrons. The first-order valence-corrected chi connectivity index (χ1v) is 9.70. The number of hydrogen-bond acceptors (Lipinski definition) is 5. The van der Waals surface area contributed by atoms with E-state index in [9.17, 15) is 18.0 Å². The first-order valence-electron chi connectivity index (χ1n) is 7.88. The minimum absolute atomic E-state index is 0.0415. The summed E-state index contributed by atoms with van der Waals surface area (Å²) in [5.41, 5.74) is 1.92. The molecule has 1 aliphatic rings. The molecule has 0 aliphatic carbocycles. The summed E-state index contributed by atoms with van der Waals surface area (Å²) in [5, 5.41) is 0. The van der Waals surface area contributed by atoms with E-state index in [1.54, 1.807) is 6.92 Å². The number of nitrogens with zero attached hydrogens (tertiary/aromatic N) is 1. The number of amides is 1. The van der Waals surface area contributed by atoms with Gasteiger partial charge in [-0.25, -0.2) is 13.2 Å². The zero-order valence-electron chi connectivity index (χ0n) is 14.2. The summed E-state index contributed by atoms with van der Waals surface area (Å²) in [5.74, 6) is -0.871. The van der Waals surface area contributed by atoms with Crippen LogP contribution in [0.25, 0.3) is 0 Å². The monoisotopic (exact) mass is 353 g/mol. The summed E-state index contributed by atoms with van der Waals surface area (Å²) in [6.07, 6.45) is 0.474. The van der Waals surface area contributed by atoms with E-state index in [1.807, 2.05) is 31.2 Å². The van der Waals surface area contributed by atoms with E-state index in [4.69, 9.17) is 4.74 Å². The van der Waals surface area contributed by atoms with Crippen molar-refractivity contribution in [3.05, 3.63) is 35.4 Å². The molecule has 0 unspecified atom stereocenters. The fourth-order valence-electron chi connectivity index (χ4n) is 2.99. The fraction of sp³-hybridized carbons (Fsp3) is 0.529. The third kappa shape index (κ3) is 4.35. The number of methoxy groups -OCH3 is 1. The van der Waals surface area contributed by atoms with Gasteiger partial charge in [-0.15, -0.1) is 0 Å². The SMILES string of the molecule is COC(=O)[C@H](C)N(C(=O)Cc1ccc(C)cc1)[C@H]1CCS(=O)(=O)C1. The fourth-order valence-corrected chi connectivity index (χ4v) is 4.70. The number of carbonyl (C=O) groups is 2. The van der Waals surface area contributed by atoms with Crippen LogP contribution in [0.4, 0.5) is 0 Å². The Hall–Kier alpha value is -1.89. The van der Waals surface area contributed by atoms with Crippen LogP contribution >= 0.6 is 0 Å². The molecule has 2 rings (SSSR count). The maximum absolute atomic E-state index is 12.8. The summed E-state index contributed by atoms with van der Waals surface area (Å²) >= 11 is 0. The molecule has 1 heterocycles. The molecule has 0 saturated carbocycles. The van der Waals surface area contributed by atoms with Gasteiger partial charge in [0.25, 0.3) is 0 Å². The zero-order valence-corrected chi connectivity index (χ0v) is 15.0. The third-order valence-corrected chi connectivity index (χ3v) is 6.08. The Morgan fingerprint density at radius 3 is 2.42 bits per heavy atom. The predicted molar refractivity (Wildman–Crippen MR) is 90.3 cm³/mol. The molecule has 1 aliphatic heterocycles. The second-order valence-corrected chi connectivity index (χ2v) is 8.45. The standard InChI is InChI=1S/C17H23NO5S/c1-12-4-6-14(7-5-12)10-16(19)18(13(2)17(20)23-3)15-8-9-24(21,22)11-15/h4-7,13,15H,8-11H2,1-3H3/t13-,15-/m0/s1. The van der Waals surface area contributed by atoms with Crippen LogP contribution in [0, 0.1) is 6.92 Å². The normalized spacial score (nSPS) is 20.4. The van der Waals surface area contributed by atoms with Gasteiger partial charge in [0, 0.05) is 6.04 Å². The Bertz CT molecular complexity index is 711. The minimum atomic E-state index is -3.16. The van der Waals surface area contributed by atoms with Crippen LogP contribution in [-0.4, -0.2) is 55.9 Å². The van der Waals surface area contributed by atoms with Crippen LogP contribution in [0.15, 0.2) is 24.3 Å². The maximum Gasteiger partial charge on any atom is 0.328 e. The highest BCUT2D eigenvalue weighted by molar-refractivity contribution is 7.91. The Balaban J connectivity index is 2.22. The highest BCUT2D eigenvalue weighted by atomic mass is 32.2. The molecule has 1 aromatic carbocycles. The summed E-state index contributed by atoms with van der Waals surface area (Å²) in [4.78, 5) is 26.1. The van der Waals surface area contributed by atoms with Gasteiger partial charge in [0.15, 0.2) is 9.84 Å². The first-order chi connectivity index (χ1) is 11.2. The summed E-state index contributed by atoms with van der Waals surface area (Å²) in [7, 11) is -1.91. The molecule has 1 saturated heterocycles. The van der Waals surface area contributed by atoms with Crippen LogP contribution in [0.5, 0.6) is 0 Å². The van der Waals surface area contributed by atoms with Crippen LogP contribution in [0.3, 0.4) is 0 Å². The molecule has 0 spiro atoms. The van der Waals surface area contributed by atoms with E-state index in [0.717, 1.165) is 11.1 Å². The second-order valence-electron chi connectivity index (χ2n) is 6.22. The number of aryl methyl sites for hydroxylation is 1. The van der Waals surface area contributed by atoms with Crippen molar-refractivity contribution in [3.8, 4) is 0 Å². The topological polar surface area (TPSA) is 80.8 Å². The van der Waals surface area contributed by atoms with E-state index >= 15 is 0 Å². The van der Waals surface area contributed by atoms with Crippen molar-refractivity contribution in [1.82, 2.24) is 4.90 Å². The molecular formula is C17H23NO5S. The van der Waals surface area contributed by atoms with Gasteiger partial charge in [0.2, 0.25) is 5.91 Å². The quantitative estimate of drug-likeness (QED) is 0.741. The van der Waals surface area contributed by atoms with E-state index in [-0.39, 0.29) is 23.8 Å². The van der Waals surface area contributed by atoms with Crippen molar-refractivity contribution < 1.29 is 22.7 Å². The second kappa shape index (κ2) is 7.34. The highest BCUT2D eigenvalue weighted by Crippen LogP contribution is 2.22. The number of rotatable bonds is 5. The largest absolute Gasteiger partial charge is 0.467 e. The Kier molecular flexibility index (Phi) is 5.64. The van der Waals surface area contributed by atoms with Gasteiger partial charge in [0.05, 0.1) is 25.0 Å². The van der Waals surface area contributed by atoms with Crippen LogP contribution < -0.4 is 0 Å². The van der Waals surface area contributed by atoms with Gasteiger partial charge in [-0.3, -0.25) is 4.79 Å². The number of ether oxygens (including phenoxy) is 1. The maximum atomic E-state index is 12.8. The molecule has 1 aromatic rings. The van der Waals surface area contributed by atoms with Crippen molar-refractivity contribution in [3.63, 3.8) is 0 Å². The third-order valence-electron chi connectivity index (χ3n) is 4.33. The first kappa shape index (κ1) is 18.4. The smallest absolute Gasteiger partial charge is 0.328 e. The van der Waals surface area contributed by atoms with Gasteiger partial charge in [0.1, 0.15) is 6.04 Å². The van der Waals surface area contributed by atoms with Crippen molar-refractivity contribution in [2.24, 2.45) is 0 Å². The van der Waals surface area contributed by atoms with Crippen LogP contribution in [0.1, 0.15) is 24.5 Å². The number of benzene rings is 1. The lowest BCUT2D eigenvalue weighted by molar-refractivity contribution is -0.153. The summed E-state index contributed by atoms with van der Waals surface area (Å²) in [6.45, 7) is 3.53. The van der Waals surface area contributed by atoms with Crippen molar-refractivity contribution in [2.45, 2.75) is 38.8 Å². The molecule has 0 N–H and O–H groups in total. The average Bonchev–Trinajstić information content (AvgIpc) is 2.88. The van der Waals surface area contributed by atoms with E-state index in [1.165, 1.54) is 12.0 Å². The Morgan fingerprint density at radius 2 is 1.92 bits per heavy atom. The molecule has 132 valence electrons. The van der Waals surface area contributed by atoms with Crippen molar-refractivity contribution >= 4 is 21.7 Å². The van der Waals surface area contributed by atoms with Gasteiger partial charge < -0.3 is 9.64 Å². The van der Waals surface area contributed by atoms with Gasteiger partial charge in [-0.05, 0) is 25.8 Å².